The summed E-state index contributed by atoms with van der Waals surface area (Å²) in [4.78, 5) is 0. The molecule has 2 aromatic rings. The van der Waals surface area contributed by atoms with Crippen molar-refractivity contribution < 1.29 is 0 Å². The molecule has 0 radical (unpaired) electrons. The summed E-state index contributed by atoms with van der Waals surface area (Å²) in [5.74, 6) is 0. The Kier molecular flexibility index (Phi) is 4.60. The van der Waals surface area contributed by atoms with Crippen molar-refractivity contribution in [2.45, 2.75) is 58.3 Å². The summed E-state index contributed by atoms with van der Waals surface area (Å²) in [5, 5.41) is 3.51. The van der Waals surface area contributed by atoms with Crippen molar-refractivity contribution in [1.82, 2.24) is 0 Å². The zero-order valence-electron chi connectivity index (χ0n) is 16.9. The quantitative estimate of drug-likeness (QED) is 0.620. The Balaban J connectivity index is 1.87. The highest BCUT2D eigenvalue weighted by atomic mass is 14.9. The molecule has 1 nitrogen and oxygen atoms in total. The molecule has 3 rings (SSSR count). The van der Waals surface area contributed by atoms with Crippen molar-refractivity contribution in [3.8, 4) is 0 Å². The average molecular weight is 346 g/mol. The first-order valence-electron chi connectivity index (χ1n) is 9.47. The van der Waals surface area contributed by atoms with Gasteiger partial charge in [-0.1, -0.05) is 76.8 Å². The van der Waals surface area contributed by atoms with Crippen molar-refractivity contribution in [1.29, 1.82) is 0 Å². The first kappa shape index (κ1) is 18.5. The van der Waals surface area contributed by atoms with Crippen LogP contribution in [0.1, 0.15) is 69.7 Å². The third-order valence-corrected chi connectivity index (χ3v) is 5.87. The lowest BCUT2D eigenvalue weighted by Gasteiger charge is -2.42. The Hall–Kier alpha value is -2.28. The van der Waals surface area contributed by atoms with Crippen LogP contribution in [0.4, 0.5) is 5.69 Å². The molecule has 26 heavy (non-hydrogen) atoms. The second-order valence-corrected chi connectivity index (χ2v) is 8.99. The highest BCUT2D eigenvalue weighted by Crippen LogP contribution is 2.46. The fourth-order valence-corrected chi connectivity index (χ4v) is 3.87. The molecule has 0 saturated heterocycles. The third-order valence-electron chi connectivity index (χ3n) is 5.87. The van der Waals surface area contributed by atoms with Gasteiger partial charge in [-0.15, -0.1) is 0 Å². The van der Waals surface area contributed by atoms with Gasteiger partial charge in [0.2, 0.25) is 0 Å². The van der Waals surface area contributed by atoms with Crippen molar-refractivity contribution in [3.05, 3.63) is 77.9 Å². The van der Waals surface area contributed by atoms with Gasteiger partial charge in [-0.05, 0) is 65.0 Å². The van der Waals surface area contributed by atoms with Gasteiger partial charge in [-0.25, -0.2) is 0 Å². The van der Waals surface area contributed by atoms with Crippen LogP contribution in [0.15, 0.2) is 55.6 Å². The van der Waals surface area contributed by atoms with Crippen LogP contribution >= 0.6 is 0 Å². The Morgan fingerprint density at radius 2 is 1.35 bits per heavy atom. The number of hydrogen-bond acceptors (Lipinski definition) is 1. The van der Waals surface area contributed by atoms with Crippen LogP contribution in [0.3, 0.4) is 0 Å². The summed E-state index contributed by atoms with van der Waals surface area (Å²) in [7, 11) is 0. The summed E-state index contributed by atoms with van der Waals surface area (Å²) >= 11 is 0. The lowest BCUT2D eigenvalue weighted by molar-refractivity contribution is 0.332. The maximum absolute atomic E-state index is 4.24. The van der Waals surface area contributed by atoms with E-state index in [-0.39, 0.29) is 10.8 Å². The monoisotopic (exact) mass is 345 g/mol. The minimum atomic E-state index is 0.215. The minimum absolute atomic E-state index is 0.215. The van der Waals surface area contributed by atoms with E-state index in [1.54, 1.807) is 0 Å². The Labute approximate surface area is 158 Å². The van der Waals surface area contributed by atoms with Crippen molar-refractivity contribution in [2.75, 3.05) is 5.32 Å². The molecule has 0 saturated carbocycles. The summed E-state index contributed by atoms with van der Waals surface area (Å²) < 4.78 is 0. The number of anilines is 1. The van der Waals surface area contributed by atoms with Gasteiger partial charge >= 0.3 is 0 Å². The molecule has 0 spiro atoms. The molecule has 0 amide bonds. The fourth-order valence-electron chi connectivity index (χ4n) is 3.87. The van der Waals surface area contributed by atoms with Crippen LogP contribution in [0.2, 0.25) is 0 Å². The number of nitrogens with one attached hydrogen (secondary N) is 1. The minimum Gasteiger partial charge on any atom is -0.356 e. The molecule has 0 atom stereocenters. The van der Waals surface area contributed by atoms with Gasteiger partial charge in [0, 0.05) is 11.4 Å². The molecular weight excluding hydrogens is 314 g/mol. The summed E-state index contributed by atoms with van der Waals surface area (Å²) in [6, 6.07) is 15.2. The van der Waals surface area contributed by atoms with Crippen LogP contribution in [-0.2, 0) is 10.8 Å². The molecule has 1 aliphatic carbocycles. The maximum atomic E-state index is 4.24. The van der Waals surface area contributed by atoms with Crippen molar-refractivity contribution in [3.63, 3.8) is 0 Å². The van der Waals surface area contributed by atoms with Crippen LogP contribution in [0.25, 0.3) is 11.3 Å². The van der Waals surface area contributed by atoms with Gasteiger partial charge in [-0.3, -0.25) is 0 Å². The molecule has 0 unspecified atom stereocenters. The Bertz CT molecular complexity index is 850. The second kappa shape index (κ2) is 6.46. The molecule has 0 aromatic heterocycles. The zero-order valence-corrected chi connectivity index (χ0v) is 16.9. The number of hydrogen-bond donors (Lipinski definition) is 1. The molecule has 0 fully saturated rings. The Morgan fingerprint density at radius 3 is 1.92 bits per heavy atom. The smallest absolute Gasteiger partial charge is 0.0387 e. The largest absolute Gasteiger partial charge is 0.356 e. The normalized spacial score (nSPS) is 17.3. The van der Waals surface area contributed by atoms with Crippen LogP contribution in [-0.4, -0.2) is 0 Å². The second-order valence-electron chi connectivity index (χ2n) is 8.99. The summed E-state index contributed by atoms with van der Waals surface area (Å²) in [6.07, 6.45) is 2.46. The van der Waals surface area contributed by atoms with E-state index in [1.807, 2.05) is 6.92 Å². The molecule has 136 valence electrons. The molecule has 0 bridgehead atoms. The third kappa shape index (κ3) is 3.49. The van der Waals surface area contributed by atoms with Gasteiger partial charge in [0.1, 0.15) is 0 Å². The van der Waals surface area contributed by atoms with Crippen LogP contribution in [0, 0.1) is 0 Å². The molecule has 1 N–H and O–H groups in total. The standard InChI is InChI=1S/C25H31N/c1-17(2)19-8-10-20(11-9-19)18(3)26-21-12-13-22-23(16-21)25(6,7)15-14-24(22,4)5/h8-13,16,26H,1,3,14-15H2,2,4-7H3. The van der Waals surface area contributed by atoms with Crippen LogP contribution < -0.4 is 5.32 Å². The number of benzene rings is 2. The van der Waals surface area contributed by atoms with E-state index in [2.05, 4.69) is 88.6 Å². The molecule has 0 aliphatic heterocycles. The molecular formula is C25H31N. The highest BCUT2D eigenvalue weighted by Gasteiger charge is 2.36. The van der Waals surface area contributed by atoms with Gasteiger partial charge in [-0.2, -0.15) is 0 Å². The van der Waals surface area contributed by atoms with E-state index in [9.17, 15) is 0 Å². The van der Waals surface area contributed by atoms with Gasteiger partial charge < -0.3 is 5.32 Å². The highest BCUT2D eigenvalue weighted by molar-refractivity contribution is 5.77. The van der Waals surface area contributed by atoms with Crippen LogP contribution in [0.5, 0.6) is 0 Å². The number of rotatable bonds is 4. The van der Waals surface area contributed by atoms with Crippen molar-refractivity contribution in [2.24, 2.45) is 0 Å². The van der Waals surface area contributed by atoms with Crippen molar-refractivity contribution >= 4 is 17.0 Å². The first-order chi connectivity index (χ1) is 12.1. The van der Waals surface area contributed by atoms with E-state index < -0.39 is 0 Å². The zero-order chi connectivity index (χ0) is 19.1. The first-order valence-corrected chi connectivity index (χ1v) is 9.47. The van der Waals surface area contributed by atoms with Gasteiger partial charge in [0.25, 0.3) is 0 Å². The predicted molar refractivity (Wildman–Crippen MR) is 116 cm³/mol. The molecule has 2 aromatic carbocycles. The maximum Gasteiger partial charge on any atom is 0.0387 e. The Morgan fingerprint density at radius 1 is 0.808 bits per heavy atom. The van der Waals surface area contributed by atoms with Gasteiger partial charge in [0.05, 0.1) is 0 Å². The predicted octanol–water partition coefficient (Wildman–Crippen LogP) is 7.15. The van der Waals surface area contributed by atoms with E-state index in [1.165, 1.54) is 29.5 Å². The van der Waals surface area contributed by atoms with Gasteiger partial charge in [0.15, 0.2) is 0 Å². The lowest BCUT2D eigenvalue weighted by atomic mass is 9.63. The topological polar surface area (TPSA) is 12.0 Å². The summed E-state index contributed by atoms with van der Waals surface area (Å²) in [6.45, 7) is 19.7. The lowest BCUT2D eigenvalue weighted by Crippen LogP contribution is -2.33. The summed E-state index contributed by atoms with van der Waals surface area (Å²) in [5.41, 5.74) is 8.79. The fraction of sp³-hybridized carbons (Fsp3) is 0.360. The van der Waals surface area contributed by atoms with E-state index in [0.29, 0.717) is 0 Å². The van der Waals surface area contributed by atoms with E-state index in [0.717, 1.165) is 22.5 Å². The molecule has 1 aliphatic rings. The molecule has 1 heteroatoms. The molecule has 0 heterocycles. The number of allylic oxidation sites excluding steroid dienone is 1. The van der Waals surface area contributed by atoms with E-state index in [4.69, 9.17) is 0 Å². The average Bonchev–Trinajstić information content (AvgIpc) is 2.59. The SMILES string of the molecule is C=C(C)c1ccc(C(=C)Nc2ccc3c(c2)C(C)(C)CCC3(C)C)cc1. The number of fused-ring (bicyclic) bond motifs is 1. The van der Waals surface area contributed by atoms with E-state index >= 15 is 0 Å².